The highest BCUT2D eigenvalue weighted by Gasteiger charge is 2.28. The number of amides is 2. The zero-order chi connectivity index (χ0) is 25.4. The van der Waals surface area contributed by atoms with Gasteiger partial charge in [0, 0.05) is 69.7 Å². The first-order valence-corrected chi connectivity index (χ1v) is 11.4. The van der Waals surface area contributed by atoms with Crippen LogP contribution >= 0.6 is 0 Å². The van der Waals surface area contributed by atoms with Crippen molar-refractivity contribution in [1.82, 2.24) is 15.2 Å². The molecule has 184 valence electrons. The van der Waals surface area contributed by atoms with Crippen molar-refractivity contribution in [3.63, 3.8) is 0 Å². The molecule has 0 radical (unpaired) electrons. The molecule has 1 fully saturated rings. The molecule has 2 amide bonds. The second-order valence-electron chi connectivity index (χ2n) is 8.22. The summed E-state index contributed by atoms with van der Waals surface area (Å²) in [6.45, 7) is 2.79. The molecule has 35 heavy (non-hydrogen) atoms. The number of nitrogens with zero attached hydrogens (tertiary/aromatic N) is 4. The van der Waals surface area contributed by atoms with E-state index in [0.717, 1.165) is 17.8 Å². The first-order valence-electron chi connectivity index (χ1n) is 11.4. The van der Waals surface area contributed by atoms with Crippen LogP contribution in [-0.4, -0.2) is 86.9 Å². The van der Waals surface area contributed by atoms with Crippen LogP contribution in [0.3, 0.4) is 0 Å². The van der Waals surface area contributed by atoms with E-state index in [9.17, 15) is 24.0 Å². The Morgan fingerprint density at radius 1 is 1.06 bits per heavy atom. The number of anilines is 2. The first-order chi connectivity index (χ1) is 16.9. The molecular weight excluding hydrogens is 450 g/mol. The number of hydrogen-bond acceptors (Lipinski definition) is 8. The topological polar surface area (TPSA) is 120 Å². The fourth-order valence-electron chi connectivity index (χ4n) is 4.11. The molecule has 0 spiro atoms. The van der Waals surface area contributed by atoms with Crippen LogP contribution in [0.4, 0.5) is 11.5 Å². The molecule has 0 aliphatic carbocycles. The molecule has 1 aromatic heterocycles. The molecule has 10 heteroatoms. The van der Waals surface area contributed by atoms with Gasteiger partial charge in [0.25, 0.3) is 5.91 Å². The number of hydrogen-bond donors (Lipinski definition) is 1. The molecule has 10 nitrogen and oxygen atoms in total. The number of pyridine rings is 1. The largest absolute Gasteiger partial charge is 0.368 e. The summed E-state index contributed by atoms with van der Waals surface area (Å²) in [5.41, 5.74) is 1.78. The average molecular weight is 480 g/mol. The van der Waals surface area contributed by atoms with Crippen molar-refractivity contribution in [3.05, 3.63) is 53.2 Å². The van der Waals surface area contributed by atoms with Gasteiger partial charge >= 0.3 is 0 Å². The summed E-state index contributed by atoms with van der Waals surface area (Å²) in [4.78, 5) is 68.7. The maximum absolute atomic E-state index is 13.1. The van der Waals surface area contributed by atoms with Crippen LogP contribution in [0.1, 0.15) is 43.9 Å². The normalized spacial score (nSPS) is 14.1. The molecule has 1 saturated heterocycles. The van der Waals surface area contributed by atoms with Gasteiger partial charge in [-0.3, -0.25) is 19.2 Å². The highest BCUT2D eigenvalue weighted by atomic mass is 16.2. The predicted molar refractivity (Wildman–Crippen MR) is 131 cm³/mol. The maximum atomic E-state index is 13.1. The molecule has 0 saturated carbocycles. The van der Waals surface area contributed by atoms with Crippen LogP contribution in [0.15, 0.2) is 36.5 Å². The van der Waals surface area contributed by atoms with Gasteiger partial charge in [-0.15, -0.1) is 0 Å². The van der Waals surface area contributed by atoms with Crippen LogP contribution in [0.25, 0.3) is 0 Å². The Morgan fingerprint density at radius 3 is 2.34 bits per heavy atom. The van der Waals surface area contributed by atoms with E-state index in [1.54, 1.807) is 30.5 Å². The quantitative estimate of drug-likeness (QED) is 0.505. The van der Waals surface area contributed by atoms with E-state index in [1.807, 2.05) is 6.07 Å². The second kappa shape index (κ2) is 11.9. The molecule has 0 bridgehead atoms. The number of aromatic nitrogens is 1. The van der Waals surface area contributed by atoms with Gasteiger partial charge in [-0.05, 0) is 36.8 Å². The van der Waals surface area contributed by atoms with Gasteiger partial charge in [0.2, 0.25) is 5.91 Å². The highest BCUT2D eigenvalue weighted by molar-refractivity contribution is 6.03. The Labute approximate surface area is 203 Å². The van der Waals surface area contributed by atoms with E-state index in [1.165, 1.54) is 19.0 Å². The van der Waals surface area contributed by atoms with Crippen LogP contribution < -0.4 is 15.1 Å². The number of piperazine rings is 1. The summed E-state index contributed by atoms with van der Waals surface area (Å²) in [5.74, 6) is -0.0407. The Kier molecular flexibility index (Phi) is 8.66. The summed E-state index contributed by atoms with van der Waals surface area (Å²) in [5, 5.41) is 2.51. The van der Waals surface area contributed by atoms with Gasteiger partial charge in [-0.1, -0.05) is 0 Å². The van der Waals surface area contributed by atoms with Gasteiger partial charge in [-0.25, -0.2) is 4.98 Å². The van der Waals surface area contributed by atoms with Crippen molar-refractivity contribution in [3.8, 4) is 0 Å². The SMILES string of the molecule is CNC(=O)C(CCC=O)N(C)C(=O)c1ccc(N2CCN(c3ccc(C=O)cn3)CC2)cc1C=O. The van der Waals surface area contributed by atoms with Gasteiger partial charge in [0.1, 0.15) is 18.1 Å². The van der Waals surface area contributed by atoms with Crippen LogP contribution in [0.5, 0.6) is 0 Å². The third kappa shape index (κ3) is 5.89. The van der Waals surface area contributed by atoms with E-state index >= 15 is 0 Å². The second-order valence-corrected chi connectivity index (χ2v) is 8.22. The Bertz CT molecular complexity index is 1080. The molecule has 1 aliphatic heterocycles. The van der Waals surface area contributed by atoms with Crippen molar-refractivity contribution in [2.24, 2.45) is 0 Å². The standard InChI is InChI=1S/C25H29N5O5/c1-26-24(34)22(4-3-13-31)28(2)25(35)21-7-6-20(14-19(21)17-33)29-9-11-30(12-10-29)23-8-5-18(16-32)15-27-23/h5-8,13-17,22H,3-4,9-12H2,1-2H3,(H,26,34). The van der Waals surface area contributed by atoms with Crippen molar-refractivity contribution in [2.45, 2.75) is 18.9 Å². The number of carbonyl (C=O) groups excluding carboxylic acids is 5. The molecule has 2 heterocycles. The van der Waals surface area contributed by atoms with E-state index in [-0.39, 0.29) is 29.9 Å². The van der Waals surface area contributed by atoms with Crippen LogP contribution in [0, 0.1) is 0 Å². The van der Waals surface area contributed by atoms with Gasteiger partial charge in [-0.2, -0.15) is 0 Å². The number of carbonyl (C=O) groups is 5. The minimum absolute atomic E-state index is 0.137. The monoisotopic (exact) mass is 479 g/mol. The molecular formula is C25H29N5O5. The van der Waals surface area contributed by atoms with Crippen molar-refractivity contribution < 1.29 is 24.0 Å². The van der Waals surface area contributed by atoms with Crippen LogP contribution in [-0.2, 0) is 9.59 Å². The zero-order valence-electron chi connectivity index (χ0n) is 19.8. The summed E-state index contributed by atoms with van der Waals surface area (Å²) in [7, 11) is 2.96. The predicted octanol–water partition coefficient (Wildman–Crippen LogP) is 1.20. The lowest BCUT2D eigenvalue weighted by atomic mass is 10.0. The molecule has 1 aromatic carbocycles. The molecule has 1 unspecified atom stereocenters. The lowest BCUT2D eigenvalue weighted by Crippen LogP contribution is -2.47. The molecule has 1 N–H and O–H groups in total. The number of likely N-dealkylation sites (N-methyl/N-ethyl adjacent to an activating group) is 2. The first kappa shape index (κ1) is 25.5. The van der Waals surface area contributed by atoms with Gasteiger partial charge < -0.3 is 24.8 Å². The van der Waals surface area contributed by atoms with Gasteiger partial charge in [0.15, 0.2) is 12.6 Å². The molecule has 1 aliphatic rings. The number of aldehydes is 3. The van der Waals surface area contributed by atoms with Crippen molar-refractivity contribution in [1.29, 1.82) is 0 Å². The summed E-state index contributed by atoms with van der Waals surface area (Å²) in [6, 6.07) is 7.81. The van der Waals surface area contributed by atoms with E-state index in [2.05, 4.69) is 20.1 Å². The van der Waals surface area contributed by atoms with E-state index in [0.29, 0.717) is 44.3 Å². The average Bonchev–Trinajstić information content (AvgIpc) is 2.92. The summed E-state index contributed by atoms with van der Waals surface area (Å²) < 4.78 is 0. The van der Waals surface area contributed by atoms with Crippen molar-refractivity contribution in [2.75, 3.05) is 50.1 Å². The number of benzene rings is 1. The Morgan fingerprint density at radius 2 is 1.77 bits per heavy atom. The third-order valence-electron chi connectivity index (χ3n) is 6.16. The molecule has 2 aromatic rings. The maximum Gasteiger partial charge on any atom is 0.255 e. The van der Waals surface area contributed by atoms with Crippen molar-refractivity contribution >= 4 is 42.2 Å². The summed E-state index contributed by atoms with van der Waals surface area (Å²) >= 11 is 0. The lowest BCUT2D eigenvalue weighted by molar-refractivity contribution is -0.125. The fourth-order valence-corrected chi connectivity index (χ4v) is 4.11. The minimum Gasteiger partial charge on any atom is -0.368 e. The zero-order valence-corrected chi connectivity index (χ0v) is 19.8. The Hall–Kier alpha value is -4.08. The fraction of sp³-hybridized carbons (Fsp3) is 0.360. The Balaban J connectivity index is 1.72. The highest BCUT2D eigenvalue weighted by Crippen LogP contribution is 2.23. The van der Waals surface area contributed by atoms with E-state index < -0.39 is 11.9 Å². The number of rotatable bonds is 10. The minimum atomic E-state index is -0.820. The summed E-state index contributed by atoms with van der Waals surface area (Å²) in [6.07, 6.45) is 3.98. The molecule has 1 atom stereocenters. The lowest BCUT2D eigenvalue weighted by Gasteiger charge is -2.37. The molecule has 3 rings (SSSR count). The number of nitrogens with one attached hydrogen (secondary N) is 1. The third-order valence-corrected chi connectivity index (χ3v) is 6.16. The van der Waals surface area contributed by atoms with Gasteiger partial charge in [0.05, 0.1) is 5.56 Å². The smallest absolute Gasteiger partial charge is 0.255 e. The van der Waals surface area contributed by atoms with E-state index in [4.69, 9.17) is 0 Å². The van der Waals surface area contributed by atoms with Crippen LogP contribution in [0.2, 0.25) is 0 Å².